The lowest BCUT2D eigenvalue weighted by molar-refractivity contribution is 0.0946. The molecule has 4 nitrogen and oxygen atoms in total. The monoisotopic (exact) mass is 379 g/mol. The molecule has 3 aromatic rings. The average Bonchev–Trinajstić information content (AvgIpc) is 2.74. The van der Waals surface area contributed by atoms with E-state index in [-0.39, 0.29) is 5.91 Å². The van der Waals surface area contributed by atoms with E-state index in [0.29, 0.717) is 17.3 Å². The van der Waals surface area contributed by atoms with Crippen molar-refractivity contribution in [1.29, 1.82) is 0 Å². The zero-order chi connectivity index (χ0) is 19.1. The molecule has 0 aromatic heterocycles. The van der Waals surface area contributed by atoms with Gasteiger partial charge >= 0.3 is 0 Å². The molecule has 138 valence electrons. The Kier molecular flexibility index (Phi) is 6.23. The molecule has 0 radical (unpaired) electrons. The van der Waals surface area contributed by atoms with Crippen LogP contribution in [0.15, 0.2) is 91.0 Å². The molecule has 3 aromatic carbocycles. The molecule has 1 N–H and O–H groups in total. The summed E-state index contributed by atoms with van der Waals surface area (Å²) < 4.78 is 19.4. The van der Waals surface area contributed by atoms with Crippen molar-refractivity contribution in [3.8, 4) is 0 Å². The van der Waals surface area contributed by atoms with Crippen LogP contribution in [0.5, 0.6) is 0 Å². The van der Waals surface area contributed by atoms with Gasteiger partial charge in [-0.3, -0.25) is 9.36 Å². The first-order valence-electron chi connectivity index (χ1n) is 8.74. The van der Waals surface area contributed by atoms with Gasteiger partial charge in [0.05, 0.1) is 0 Å². The number of carbonyl (C=O) groups excluding carboxylic acids is 1. The lowest BCUT2D eigenvalue weighted by atomic mass is 10.1. The van der Waals surface area contributed by atoms with Gasteiger partial charge in [0.2, 0.25) is 0 Å². The largest absolute Gasteiger partial charge is 0.339 e. The van der Waals surface area contributed by atoms with Gasteiger partial charge < -0.3 is 9.84 Å². The highest BCUT2D eigenvalue weighted by Crippen LogP contribution is 2.50. The average molecular weight is 379 g/mol. The van der Waals surface area contributed by atoms with Crippen molar-refractivity contribution in [3.05, 3.63) is 102 Å². The van der Waals surface area contributed by atoms with Crippen LogP contribution in [0.1, 0.15) is 15.9 Å². The third kappa shape index (κ3) is 4.54. The van der Waals surface area contributed by atoms with E-state index < -0.39 is 13.2 Å². The molecule has 5 heteroatoms. The topological polar surface area (TPSA) is 55.4 Å². The van der Waals surface area contributed by atoms with Gasteiger partial charge in [0.25, 0.3) is 13.3 Å². The van der Waals surface area contributed by atoms with Crippen LogP contribution in [-0.4, -0.2) is 18.8 Å². The molecule has 0 saturated carbocycles. The molecule has 0 spiro atoms. The standard InChI is InChI=1S/C22H22NO3P/c1-26-27(25,20-15-9-4-10-16-20)21(17-18-11-5-2-6-12-18)23-22(24)19-13-7-3-8-14-19/h2-16,21H,17H2,1H3,(H,23,24)/t21-,27?/m0/s1. The minimum absolute atomic E-state index is 0.273. The maximum atomic E-state index is 13.8. The summed E-state index contributed by atoms with van der Waals surface area (Å²) in [5.74, 6) is -0.954. The zero-order valence-corrected chi connectivity index (χ0v) is 16.0. The van der Waals surface area contributed by atoms with Crippen LogP contribution in [0, 0.1) is 0 Å². The first kappa shape index (κ1) is 19.1. The van der Waals surface area contributed by atoms with Crippen LogP contribution in [0.25, 0.3) is 0 Å². The van der Waals surface area contributed by atoms with Gasteiger partial charge in [0.15, 0.2) is 0 Å². The summed E-state index contributed by atoms with van der Waals surface area (Å²) in [6.07, 6.45) is 0.402. The van der Waals surface area contributed by atoms with Gasteiger partial charge in [0, 0.05) is 24.4 Å². The number of rotatable bonds is 7. The van der Waals surface area contributed by atoms with E-state index in [0.717, 1.165) is 5.56 Å². The number of carbonyl (C=O) groups is 1. The molecule has 1 unspecified atom stereocenters. The summed E-state index contributed by atoms with van der Waals surface area (Å²) in [5.41, 5.74) is 1.50. The van der Waals surface area contributed by atoms with Gasteiger partial charge in [-0.2, -0.15) is 0 Å². The maximum absolute atomic E-state index is 13.8. The number of nitrogens with one attached hydrogen (secondary N) is 1. The van der Waals surface area contributed by atoms with Crippen LogP contribution < -0.4 is 10.6 Å². The Morgan fingerprint density at radius 1 is 0.889 bits per heavy atom. The summed E-state index contributed by atoms with van der Waals surface area (Å²) in [5, 5.41) is 3.53. The van der Waals surface area contributed by atoms with Gasteiger partial charge in [0.1, 0.15) is 5.78 Å². The van der Waals surface area contributed by atoms with Crippen molar-refractivity contribution >= 4 is 18.6 Å². The molecule has 0 saturated heterocycles. The first-order valence-corrected chi connectivity index (χ1v) is 10.4. The minimum Gasteiger partial charge on any atom is -0.339 e. The molecule has 27 heavy (non-hydrogen) atoms. The smallest absolute Gasteiger partial charge is 0.253 e. The molecular formula is C22H22NO3P. The molecule has 0 aliphatic rings. The Morgan fingerprint density at radius 2 is 1.41 bits per heavy atom. The third-order valence-electron chi connectivity index (χ3n) is 4.40. The summed E-state index contributed by atoms with van der Waals surface area (Å²) >= 11 is 0. The highest BCUT2D eigenvalue weighted by Gasteiger charge is 2.36. The van der Waals surface area contributed by atoms with Gasteiger partial charge in [-0.1, -0.05) is 66.7 Å². The summed E-state index contributed by atoms with van der Waals surface area (Å²) in [4.78, 5) is 12.8. The fourth-order valence-electron chi connectivity index (χ4n) is 2.97. The fourth-order valence-corrected chi connectivity index (χ4v) is 5.12. The molecular weight excluding hydrogens is 357 g/mol. The fraction of sp³-hybridized carbons (Fsp3) is 0.136. The highest BCUT2D eigenvalue weighted by atomic mass is 31.2. The number of benzene rings is 3. The molecule has 0 aliphatic heterocycles. The van der Waals surface area contributed by atoms with Crippen molar-refractivity contribution in [1.82, 2.24) is 5.32 Å². The number of amides is 1. The second-order valence-electron chi connectivity index (χ2n) is 6.16. The Bertz CT molecular complexity index is 914. The van der Waals surface area contributed by atoms with E-state index in [2.05, 4.69) is 5.32 Å². The second kappa shape index (κ2) is 8.81. The first-order chi connectivity index (χ1) is 13.1. The Balaban J connectivity index is 1.96. The molecule has 3 rings (SSSR count). The van der Waals surface area contributed by atoms with Crippen LogP contribution in [0.4, 0.5) is 0 Å². The molecule has 0 heterocycles. The maximum Gasteiger partial charge on any atom is 0.253 e. The Labute approximate surface area is 159 Å². The van der Waals surface area contributed by atoms with Gasteiger partial charge in [-0.25, -0.2) is 0 Å². The summed E-state index contributed by atoms with van der Waals surface area (Å²) in [7, 11) is -1.90. The molecule has 0 aliphatic carbocycles. The van der Waals surface area contributed by atoms with Crippen LogP contribution in [0.2, 0.25) is 0 Å². The molecule has 0 bridgehead atoms. The van der Waals surface area contributed by atoms with Crippen molar-refractivity contribution in [3.63, 3.8) is 0 Å². The normalized spacial score (nSPS) is 14.1. The molecule has 1 amide bonds. The van der Waals surface area contributed by atoms with Gasteiger partial charge in [-0.15, -0.1) is 0 Å². The van der Waals surface area contributed by atoms with Crippen molar-refractivity contribution in [2.75, 3.05) is 7.11 Å². The van der Waals surface area contributed by atoms with E-state index >= 15 is 0 Å². The highest BCUT2D eigenvalue weighted by molar-refractivity contribution is 7.67. The summed E-state index contributed by atoms with van der Waals surface area (Å²) in [6.45, 7) is 0. The summed E-state index contributed by atoms with van der Waals surface area (Å²) in [6, 6.07) is 27.6. The van der Waals surface area contributed by atoms with Crippen molar-refractivity contribution in [2.45, 2.75) is 12.2 Å². The second-order valence-corrected chi connectivity index (χ2v) is 8.86. The van der Waals surface area contributed by atoms with Crippen LogP contribution in [-0.2, 0) is 15.5 Å². The third-order valence-corrected chi connectivity index (χ3v) is 7.10. The predicted molar refractivity (Wildman–Crippen MR) is 109 cm³/mol. The minimum atomic E-state index is -3.33. The SMILES string of the molecule is COP(=O)(c1ccccc1)[C@@H](Cc1ccccc1)NC(=O)c1ccccc1. The quantitative estimate of drug-likeness (QED) is 0.625. The van der Waals surface area contributed by atoms with E-state index in [4.69, 9.17) is 4.52 Å². The Hall–Kier alpha value is -2.68. The van der Waals surface area contributed by atoms with E-state index in [1.54, 1.807) is 36.4 Å². The van der Waals surface area contributed by atoms with E-state index in [1.165, 1.54) is 7.11 Å². The lowest BCUT2D eigenvalue weighted by Gasteiger charge is -2.27. The lowest BCUT2D eigenvalue weighted by Crippen LogP contribution is -2.39. The number of hydrogen-bond donors (Lipinski definition) is 1. The van der Waals surface area contributed by atoms with Crippen LogP contribution in [0.3, 0.4) is 0 Å². The predicted octanol–water partition coefficient (Wildman–Crippen LogP) is 4.24. The van der Waals surface area contributed by atoms with Crippen molar-refractivity contribution in [2.24, 2.45) is 0 Å². The Morgan fingerprint density at radius 3 is 1.96 bits per heavy atom. The van der Waals surface area contributed by atoms with E-state index in [1.807, 2.05) is 54.6 Å². The van der Waals surface area contributed by atoms with E-state index in [9.17, 15) is 9.36 Å². The van der Waals surface area contributed by atoms with Gasteiger partial charge in [-0.05, 0) is 29.8 Å². The van der Waals surface area contributed by atoms with Crippen LogP contribution >= 0.6 is 7.37 Å². The number of hydrogen-bond acceptors (Lipinski definition) is 3. The zero-order valence-electron chi connectivity index (χ0n) is 15.1. The molecule has 0 fully saturated rings. The molecule has 2 atom stereocenters. The van der Waals surface area contributed by atoms with Crippen molar-refractivity contribution < 1.29 is 13.9 Å².